The number of carbonyl (C=O) groups excluding carboxylic acids is 1. The van der Waals surface area contributed by atoms with Gasteiger partial charge < -0.3 is 19.5 Å². The van der Waals surface area contributed by atoms with E-state index < -0.39 is 5.97 Å². The third-order valence-electron chi connectivity index (χ3n) is 3.57. The molecule has 2 amide bonds. The second kappa shape index (κ2) is 6.55. The van der Waals surface area contributed by atoms with Crippen molar-refractivity contribution in [3.05, 3.63) is 12.2 Å². The van der Waals surface area contributed by atoms with Crippen LogP contribution in [0.5, 0.6) is 0 Å². The van der Waals surface area contributed by atoms with E-state index in [0.29, 0.717) is 32.6 Å². The number of carboxylic acid groups (broad SMARTS) is 1. The highest BCUT2D eigenvalue weighted by atomic mass is 16.4. The number of hydrogen-bond acceptors (Lipinski definition) is 4. The number of fused-ring (bicyclic) bond motifs is 1. The Morgan fingerprint density at radius 1 is 1.43 bits per heavy atom. The highest BCUT2D eigenvalue weighted by Crippen LogP contribution is 2.14. The van der Waals surface area contributed by atoms with Crippen LogP contribution in [-0.4, -0.2) is 60.8 Å². The molecule has 2 rings (SSSR count). The van der Waals surface area contributed by atoms with Gasteiger partial charge in [0.1, 0.15) is 6.33 Å². The Labute approximate surface area is 123 Å². The Bertz CT molecular complexity index is 514. The predicted molar refractivity (Wildman–Crippen MR) is 74.5 cm³/mol. The molecule has 0 saturated heterocycles. The zero-order valence-corrected chi connectivity index (χ0v) is 12.4. The molecule has 1 aliphatic rings. The van der Waals surface area contributed by atoms with E-state index in [2.05, 4.69) is 10.2 Å². The molecular formula is C13H21N5O3. The molecule has 21 heavy (non-hydrogen) atoms. The van der Waals surface area contributed by atoms with Gasteiger partial charge in [0.25, 0.3) is 0 Å². The fourth-order valence-corrected chi connectivity index (χ4v) is 2.39. The smallest absolute Gasteiger partial charge is 0.320 e. The minimum absolute atomic E-state index is 0.0334. The molecule has 8 heteroatoms. The van der Waals surface area contributed by atoms with Crippen molar-refractivity contribution >= 4 is 12.0 Å². The zero-order valence-electron chi connectivity index (χ0n) is 12.4. The van der Waals surface area contributed by atoms with E-state index in [0.717, 1.165) is 5.82 Å². The topological polar surface area (TPSA) is 91.6 Å². The Balaban J connectivity index is 1.97. The van der Waals surface area contributed by atoms with Crippen LogP contribution in [0.15, 0.2) is 6.33 Å². The fraction of sp³-hybridized carbons (Fsp3) is 0.692. The van der Waals surface area contributed by atoms with Crippen molar-refractivity contribution in [1.82, 2.24) is 24.6 Å². The van der Waals surface area contributed by atoms with Gasteiger partial charge in [-0.25, -0.2) is 4.79 Å². The summed E-state index contributed by atoms with van der Waals surface area (Å²) in [5.41, 5.74) is 0. The Hall–Kier alpha value is -2.12. The quantitative estimate of drug-likeness (QED) is 0.867. The Morgan fingerprint density at radius 2 is 2.19 bits per heavy atom. The first-order valence-electron chi connectivity index (χ1n) is 7.13. The first kappa shape index (κ1) is 15.3. The maximum Gasteiger partial charge on any atom is 0.320 e. The van der Waals surface area contributed by atoms with Crippen molar-refractivity contribution in [2.45, 2.75) is 45.8 Å². The van der Waals surface area contributed by atoms with Crippen molar-refractivity contribution in [1.29, 1.82) is 0 Å². The molecule has 1 aliphatic heterocycles. The molecule has 0 unspecified atom stereocenters. The molecule has 8 nitrogen and oxygen atoms in total. The number of aromatic nitrogens is 3. The molecule has 0 radical (unpaired) electrons. The van der Waals surface area contributed by atoms with Gasteiger partial charge in [-0.1, -0.05) is 0 Å². The monoisotopic (exact) mass is 295 g/mol. The second-order valence-electron chi connectivity index (χ2n) is 5.43. The van der Waals surface area contributed by atoms with Gasteiger partial charge in [0.05, 0.1) is 6.54 Å². The number of nitrogens with zero attached hydrogens (tertiary/aromatic N) is 5. The van der Waals surface area contributed by atoms with Crippen molar-refractivity contribution in [2.75, 3.05) is 13.1 Å². The maximum absolute atomic E-state index is 12.6. The summed E-state index contributed by atoms with van der Waals surface area (Å²) < 4.78 is 1.94. The van der Waals surface area contributed by atoms with E-state index in [-0.39, 0.29) is 18.5 Å². The van der Waals surface area contributed by atoms with Gasteiger partial charge in [-0.05, 0) is 20.3 Å². The minimum atomic E-state index is -0.836. The van der Waals surface area contributed by atoms with Gasteiger partial charge >= 0.3 is 12.0 Å². The number of carbonyl (C=O) groups is 2. The van der Waals surface area contributed by atoms with Crippen molar-refractivity contribution in [3.63, 3.8) is 0 Å². The maximum atomic E-state index is 12.6. The Kier molecular flexibility index (Phi) is 4.77. The lowest BCUT2D eigenvalue weighted by Gasteiger charge is -2.35. The third kappa shape index (κ3) is 3.71. The highest BCUT2D eigenvalue weighted by Gasteiger charge is 2.27. The van der Waals surface area contributed by atoms with E-state index in [1.807, 2.05) is 18.4 Å². The molecule has 0 atom stereocenters. The second-order valence-corrected chi connectivity index (χ2v) is 5.43. The number of amides is 2. The average molecular weight is 295 g/mol. The summed E-state index contributed by atoms with van der Waals surface area (Å²) >= 11 is 0. The molecule has 116 valence electrons. The van der Waals surface area contributed by atoms with Crippen LogP contribution in [0.2, 0.25) is 0 Å². The van der Waals surface area contributed by atoms with Crippen molar-refractivity contribution < 1.29 is 14.7 Å². The lowest BCUT2D eigenvalue weighted by molar-refractivity contribution is -0.137. The van der Waals surface area contributed by atoms with Crippen molar-refractivity contribution in [2.24, 2.45) is 0 Å². The lowest BCUT2D eigenvalue weighted by atomic mass is 10.2. The summed E-state index contributed by atoms with van der Waals surface area (Å²) in [7, 11) is 0. The Morgan fingerprint density at radius 3 is 2.86 bits per heavy atom. The molecular weight excluding hydrogens is 274 g/mol. The zero-order chi connectivity index (χ0) is 15.4. The SMILES string of the molecule is CC(C)N(CCCC(=O)O)C(=O)N1CCn2cnnc2C1. The first-order chi connectivity index (χ1) is 9.99. The number of urea groups is 1. The molecule has 0 saturated carbocycles. The lowest BCUT2D eigenvalue weighted by Crippen LogP contribution is -2.49. The first-order valence-corrected chi connectivity index (χ1v) is 7.13. The standard InChI is InChI=1S/C13H21N5O3/c1-10(2)18(5-3-4-12(19)20)13(21)16-6-7-17-9-14-15-11(17)8-16/h9-10H,3-8H2,1-2H3,(H,19,20). The largest absolute Gasteiger partial charge is 0.481 e. The molecule has 1 aromatic rings. The van der Waals surface area contributed by atoms with Gasteiger partial charge in [-0.15, -0.1) is 10.2 Å². The van der Waals surface area contributed by atoms with Gasteiger partial charge in [0.2, 0.25) is 0 Å². The molecule has 0 fully saturated rings. The van der Waals surface area contributed by atoms with Crippen LogP contribution in [0.25, 0.3) is 0 Å². The van der Waals surface area contributed by atoms with Crippen LogP contribution in [0.1, 0.15) is 32.5 Å². The highest BCUT2D eigenvalue weighted by molar-refractivity contribution is 5.75. The van der Waals surface area contributed by atoms with Crippen molar-refractivity contribution in [3.8, 4) is 0 Å². The fourth-order valence-electron chi connectivity index (χ4n) is 2.39. The summed E-state index contributed by atoms with van der Waals surface area (Å²) in [6.45, 7) is 6.07. The average Bonchev–Trinajstić information content (AvgIpc) is 2.89. The van der Waals surface area contributed by atoms with Crippen LogP contribution >= 0.6 is 0 Å². The predicted octanol–water partition coefficient (Wildman–Crippen LogP) is 0.789. The van der Waals surface area contributed by atoms with Crippen LogP contribution in [0, 0.1) is 0 Å². The molecule has 0 bridgehead atoms. The number of carboxylic acids is 1. The van der Waals surface area contributed by atoms with E-state index in [4.69, 9.17) is 5.11 Å². The summed E-state index contributed by atoms with van der Waals surface area (Å²) in [4.78, 5) is 26.7. The van der Waals surface area contributed by atoms with Crippen LogP contribution < -0.4 is 0 Å². The molecule has 0 aliphatic carbocycles. The van der Waals surface area contributed by atoms with E-state index in [1.165, 1.54) is 0 Å². The van der Waals surface area contributed by atoms with Crippen LogP contribution in [0.4, 0.5) is 4.79 Å². The number of aliphatic carboxylic acids is 1. The van der Waals surface area contributed by atoms with E-state index in [1.54, 1.807) is 16.1 Å². The summed E-state index contributed by atoms with van der Waals surface area (Å²) in [5, 5.41) is 16.6. The minimum Gasteiger partial charge on any atom is -0.481 e. The normalized spacial score (nSPS) is 14.1. The van der Waals surface area contributed by atoms with Gasteiger partial charge in [-0.3, -0.25) is 4.79 Å². The third-order valence-corrected chi connectivity index (χ3v) is 3.57. The molecule has 1 aromatic heterocycles. The molecule has 0 spiro atoms. The molecule has 2 heterocycles. The summed E-state index contributed by atoms with van der Waals surface area (Å²) in [6.07, 6.45) is 2.21. The van der Waals surface area contributed by atoms with Gasteiger partial charge in [0, 0.05) is 32.1 Å². The van der Waals surface area contributed by atoms with Gasteiger partial charge in [-0.2, -0.15) is 0 Å². The number of hydrogen-bond donors (Lipinski definition) is 1. The van der Waals surface area contributed by atoms with E-state index in [9.17, 15) is 9.59 Å². The molecule has 0 aromatic carbocycles. The van der Waals surface area contributed by atoms with Gasteiger partial charge in [0.15, 0.2) is 5.82 Å². The van der Waals surface area contributed by atoms with Crippen LogP contribution in [-0.2, 0) is 17.9 Å². The van der Waals surface area contributed by atoms with Crippen LogP contribution in [0.3, 0.4) is 0 Å². The summed E-state index contributed by atoms with van der Waals surface area (Å²) in [6, 6.07) is -0.0317. The molecule has 1 N–H and O–H groups in total. The number of rotatable bonds is 5. The van der Waals surface area contributed by atoms with E-state index >= 15 is 0 Å². The summed E-state index contributed by atoms with van der Waals surface area (Å²) in [5.74, 6) is -0.0546.